The Morgan fingerprint density at radius 2 is 1.61 bits per heavy atom. The predicted molar refractivity (Wildman–Crippen MR) is 137 cm³/mol. The molecule has 5 rings (SSSR count). The van der Waals surface area contributed by atoms with Crippen LogP contribution in [0.2, 0.25) is 15.1 Å². The SMILES string of the molecule is Oc1ccccc1C(c1ccc(Cl)c(Cl)c1)N1CCN(c2ccnc3cc(Cl)ccc23)CC1. The van der Waals surface area contributed by atoms with Crippen LogP contribution in [0.25, 0.3) is 10.9 Å². The van der Waals surface area contributed by atoms with E-state index in [1.165, 1.54) is 0 Å². The summed E-state index contributed by atoms with van der Waals surface area (Å²) < 4.78 is 0. The van der Waals surface area contributed by atoms with Crippen LogP contribution in [0.4, 0.5) is 5.69 Å². The molecular weight excluding hydrogens is 477 g/mol. The molecular formula is C26H22Cl3N3O. The fourth-order valence-corrected chi connectivity index (χ4v) is 5.06. The Morgan fingerprint density at radius 3 is 2.36 bits per heavy atom. The van der Waals surface area contributed by atoms with E-state index in [1.807, 2.05) is 60.8 Å². The molecule has 1 saturated heterocycles. The molecule has 1 unspecified atom stereocenters. The maximum absolute atomic E-state index is 10.7. The normalized spacial score (nSPS) is 15.7. The number of pyridine rings is 1. The number of benzene rings is 3. The molecule has 1 aliphatic rings. The number of fused-ring (bicyclic) bond motifs is 1. The van der Waals surface area contributed by atoms with Gasteiger partial charge >= 0.3 is 0 Å². The van der Waals surface area contributed by atoms with E-state index < -0.39 is 0 Å². The smallest absolute Gasteiger partial charge is 0.120 e. The summed E-state index contributed by atoms with van der Waals surface area (Å²) in [6, 6.07) is 20.9. The van der Waals surface area contributed by atoms with Crippen molar-refractivity contribution in [2.75, 3.05) is 31.1 Å². The van der Waals surface area contributed by atoms with Gasteiger partial charge in [-0.15, -0.1) is 0 Å². The lowest BCUT2D eigenvalue weighted by molar-refractivity contribution is 0.209. The fraction of sp³-hybridized carbons (Fsp3) is 0.192. The molecule has 4 nitrogen and oxygen atoms in total. The van der Waals surface area contributed by atoms with Crippen LogP contribution >= 0.6 is 34.8 Å². The summed E-state index contributed by atoms with van der Waals surface area (Å²) in [6.45, 7) is 3.31. The maximum Gasteiger partial charge on any atom is 0.120 e. The van der Waals surface area contributed by atoms with E-state index in [-0.39, 0.29) is 11.8 Å². The summed E-state index contributed by atoms with van der Waals surface area (Å²) in [5.41, 5.74) is 3.91. The van der Waals surface area contributed by atoms with Crippen LogP contribution < -0.4 is 4.90 Å². The number of phenolic OH excluding ortho intramolecular Hbond substituents is 1. The van der Waals surface area contributed by atoms with Gasteiger partial charge in [0.05, 0.1) is 21.6 Å². The monoisotopic (exact) mass is 497 g/mol. The second-order valence-corrected chi connectivity index (χ2v) is 9.40. The Kier molecular flexibility index (Phi) is 6.35. The summed E-state index contributed by atoms with van der Waals surface area (Å²) in [5, 5.41) is 13.5. The molecule has 7 heteroatoms. The van der Waals surface area contributed by atoms with E-state index in [2.05, 4.69) is 20.9 Å². The Hall–Kier alpha value is -2.50. The maximum atomic E-state index is 10.7. The molecule has 33 heavy (non-hydrogen) atoms. The van der Waals surface area contributed by atoms with Crippen molar-refractivity contribution in [3.8, 4) is 5.75 Å². The standard InChI is InChI=1S/C26H22Cl3N3O/c27-18-6-7-19-23(16-18)30-10-9-24(19)31-11-13-32(14-12-31)26(20-3-1-2-4-25(20)33)17-5-8-21(28)22(29)15-17/h1-10,15-16,26,33H,11-14H2. The zero-order valence-electron chi connectivity index (χ0n) is 17.8. The third kappa shape index (κ3) is 4.49. The Morgan fingerprint density at radius 1 is 0.818 bits per heavy atom. The lowest BCUT2D eigenvalue weighted by Crippen LogP contribution is -2.48. The summed E-state index contributed by atoms with van der Waals surface area (Å²) in [5.74, 6) is 0.271. The third-order valence-corrected chi connectivity index (χ3v) is 7.17. The first-order valence-electron chi connectivity index (χ1n) is 10.8. The van der Waals surface area contributed by atoms with Crippen molar-refractivity contribution < 1.29 is 5.11 Å². The Labute approximate surface area is 207 Å². The molecule has 2 heterocycles. The molecule has 168 valence electrons. The third-order valence-electron chi connectivity index (χ3n) is 6.19. The predicted octanol–water partition coefficient (Wildman–Crippen LogP) is 6.81. The highest BCUT2D eigenvalue weighted by Crippen LogP contribution is 2.38. The molecule has 1 atom stereocenters. The van der Waals surface area contributed by atoms with Gasteiger partial charge in [0.15, 0.2) is 0 Å². The first-order chi connectivity index (χ1) is 16.0. The summed E-state index contributed by atoms with van der Waals surface area (Å²) in [4.78, 5) is 9.23. The van der Waals surface area contributed by atoms with E-state index in [0.29, 0.717) is 15.1 Å². The van der Waals surface area contributed by atoms with E-state index in [4.69, 9.17) is 34.8 Å². The van der Waals surface area contributed by atoms with Crippen LogP contribution in [0, 0.1) is 0 Å². The number of hydrogen-bond acceptors (Lipinski definition) is 4. The zero-order chi connectivity index (χ0) is 22.9. The molecule has 3 aromatic carbocycles. The summed E-state index contributed by atoms with van der Waals surface area (Å²) in [7, 11) is 0. The number of aromatic hydroxyl groups is 1. The van der Waals surface area contributed by atoms with Crippen molar-refractivity contribution in [1.29, 1.82) is 0 Å². The van der Waals surface area contributed by atoms with Crippen molar-refractivity contribution >= 4 is 51.4 Å². The van der Waals surface area contributed by atoms with E-state index in [1.54, 1.807) is 6.07 Å². The molecule has 1 fully saturated rings. The molecule has 4 aromatic rings. The van der Waals surface area contributed by atoms with Crippen molar-refractivity contribution in [2.24, 2.45) is 0 Å². The quantitative estimate of drug-likeness (QED) is 0.335. The lowest BCUT2D eigenvalue weighted by Gasteiger charge is -2.41. The van der Waals surface area contributed by atoms with Crippen molar-refractivity contribution in [2.45, 2.75) is 6.04 Å². The van der Waals surface area contributed by atoms with Crippen LogP contribution in [0.3, 0.4) is 0 Å². The van der Waals surface area contributed by atoms with Gasteiger partial charge in [0, 0.05) is 54.0 Å². The number of anilines is 1. The minimum absolute atomic E-state index is 0.129. The molecule has 1 N–H and O–H groups in total. The number of nitrogens with zero attached hydrogens (tertiary/aromatic N) is 3. The number of para-hydroxylation sites is 1. The largest absolute Gasteiger partial charge is 0.508 e. The average molecular weight is 499 g/mol. The second kappa shape index (κ2) is 9.40. The van der Waals surface area contributed by atoms with Gasteiger partial charge in [0.1, 0.15) is 5.75 Å². The minimum Gasteiger partial charge on any atom is -0.508 e. The van der Waals surface area contributed by atoms with Crippen LogP contribution in [-0.2, 0) is 0 Å². The highest BCUT2D eigenvalue weighted by atomic mass is 35.5. The molecule has 0 spiro atoms. The van der Waals surface area contributed by atoms with E-state index in [9.17, 15) is 5.11 Å². The van der Waals surface area contributed by atoms with Crippen LogP contribution in [0.5, 0.6) is 5.75 Å². The number of rotatable bonds is 4. The van der Waals surface area contributed by atoms with Gasteiger partial charge in [0.25, 0.3) is 0 Å². The molecule has 1 aliphatic heterocycles. The number of hydrogen-bond donors (Lipinski definition) is 1. The highest BCUT2D eigenvalue weighted by Gasteiger charge is 2.29. The highest BCUT2D eigenvalue weighted by molar-refractivity contribution is 6.42. The zero-order valence-corrected chi connectivity index (χ0v) is 20.0. The Balaban J connectivity index is 1.45. The van der Waals surface area contributed by atoms with Gasteiger partial charge in [-0.25, -0.2) is 0 Å². The first kappa shape index (κ1) is 22.3. The van der Waals surface area contributed by atoms with Gasteiger partial charge in [-0.3, -0.25) is 9.88 Å². The van der Waals surface area contributed by atoms with Gasteiger partial charge in [-0.05, 0) is 48.0 Å². The van der Waals surface area contributed by atoms with Crippen molar-refractivity contribution in [1.82, 2.24) is 9.88 Å². The minimum atomic E-state index is -0.129. The topological polar surface area (TPSA) is 39.6 Å². The molecule has 0 saturated carbocycles. The Bertz CT molecular complexity index is 1310. The molecule has 0 bridgehead atoms. The second-order valence-electron chi connectivity index (χ2n) is 8.15. The molecule has 0 aliphatic carbocycles. The molecule has 1 aromatic heterocycles. The van der Waals surface area contributed by atoms with Gasteiger partial charge in [0.2, 0.25) is 0 Å². The average Bonchev–Trinajstić information content (AvgIpc) is 2.82. The fourth-order valence-electron chi connectivity index (χ4n) is 4.59. The van der Waals surface area contributed by atoms with Crippen molar-refractivity contribution in [3.05, 3.63) is 99.1 Å². The van der Waals surface area contributed by atoms with E-state index >= 15 is 0 Å². The number of phenols is 1. The van der Waals surface area contributed by atoms with Gasteiger partial charge < -0.3 is 10.0 Å². The number of piperazine rings is 1. The summed E-state index contributed by atoms with van der Waals surface area (Å²) >= 11 is 18.7. The van der Waals surface area contributed by atoms with Gasteiger partial charge in [-0.1, -0.05) is 59.1 Å². The van der Waals surface area contributed by atoms with Crippen LogP contribution in [-0.4, -0.2) is 41.2 Å². The van der Waals surface area contributed by atoms with Crippen molar-refractivity contribution in [3.63, 3.8) is 0 Å². The van der Waals surface area contributed by atoms with Gasteiger partial charge in [-0.2, -0.15) is 0 Å². The number of aromatic nitrogens is 1. The van der Waals surface area contributed by atoms with Crippen LogP contribution in [0.1, 0.15) is 17.2 Å². The number of halogens is 3. The van der Waals surface area contributed by atoms with E-state index in [0.717, 1.165) is 53.9 Å². The lowest BCUT2D eigenvalue weighted by atomic mass is 9.95. The first-order valence-corrected chi connectivity index (χ1v) is 11.9. The molecule has 0 amide bonds. The molecule has 0 radical (unpaired) electrons. The van der Waals surface area contributed by atoms with Crippen LogP contribution in [0.15, 0.2) is 72.9 Å². The summed E-state index contributed by atoms with van der Waals surface area (Å²) in [6.07, 6.45) is 1.83.